The molecular weight excluding hydrogens is 284 g/mol. The lowest BCUT2D eigenvalue weighted by Gasteiger charge is -2.05. The second-order valence-corrected chi connectivity index (χ2v) is 4.31. The first kappa shape index (κ1) is 15.0. The number of benzene rings is 2. The minimum atomic E-state index is -1.52. The van der Waals surface area contributed by atoms with Crippen molar-refractivity contribution in [3.8, 4) is 0 Å². The minimum Gasteiger partial charge on any atom is -0.272 e. The number of aryl methyl sites for hydroxylation is 1. The molecule has 0 aromatic heterocycles. The highest BCUT2D eigenvalue weighted by atomic mass is 19.2. The third-order valence-corrected chi connectivity index (χ3v) is 2.89. The van der Waals surface area contributed by atoms with Crippen LogP contribution in [0.4, 0.5) is 23.2 Å². The van der Waals surface area contributed by atoms with Gasteiger partial charge >= 0.3 is 0 Å². The highest BCUT2D eigenvalue weighted by Gasteiger charge is 2.18. The van der Waals surface area contributed by atoms with Crippen LogP contribution in [0.25, 0.3) is 0 Å². The zero-order chi connectivity index (χ0) is 15.4. The van der Waals surface area contributed by atoms with Gasteiger partial charge in [0, 0.05) is 6.07 Å². The number of halogens is 4. The number of hydrazone groups is 1. The zero-order valence-corrected chi connectivity index (χ0v) is 11.1. The van der Waals surface area contributed by atoms with E-state index in [9.17, 15) is 17.6 Å². The van der Waals surface area contributed by atoms with E-state index in [1.807, 2.05) is 24.5 Å². The van der Waals surface area contributed by atoms with E-state index in [1.54, 1.807) is 12.1 Å². The standard InChI is InChI=1S/C15H12F4N2/c1-2-9-3-5-10(6-4-9)8-20-21-15-13(18)11(16)7-12(17)14(15)19/h3-8,21H,2H2,1H3/b20-8-. The van der Waals surface area contributed by atoms with Crippen LogP contribution in [0, 0.1) is 23.3 Å². The van der Waals surface area contributed by atoms with Gasteiger partial charge in [-0.25, -0.2) is 17.6 Å². The van der Waals surface area contributed by atoms with Gasteiger partial charge in [-0.1, -0.05) is 31.2 Å². The van der Waals surface area contributed by atoms with Crippen LogP contribution in [0.1, 0.15) is 18.1 Å². The van der Waals surface area contributed by atoms with Crippen molar-refractivity contribution >= 4 is 11.9 Å². The lowest BCUT2D eigenvalue weighted by molar-refractivity contribution is 0.458. The first-order valence-corrected chi connectivity index (χ1v) is 6.24. The summed E-state index contributed by atoms with van der Waals surface area (Å²) < 4.78 is 52.7. The van der Waals surface area contributed by atoms with E-state index in [2.05, 4.69) is 5.10 Å². The van der Waals surface area contributed by atoms with Crippen LogP contribution in [-0.2, 0) is 6.42 Å². The number of hydrogen-bond acceptors (Lipinski definition) is 2. The van der Waals surface area contributed by atoms with Crippen LogP contribution in [0.15, 0.2) is 35.4 Å². The molecule has 0 saturated heterocycles. The van der Waals surface area contributed by atoms with Gasteiger partial charge < -0.3 is 0 Å². The average molecular weight is 296 g/mol. The minimum absolute atomic E-state index is 0.142. The van der Waals surface area contributed by atoms with Crippen LogP contribution in [-0.4, -0.2) is 6.21 Å². The van der Waals surface area contributed by atoms with E-state index >= 15 is 0 Å². The molecule has 0 spiro atoms. The van der Waals surface area contributed by atoms with Gasteiger partial charge in [0.1, 0.15) is 5.69 Å². The van der Waals surface area contributed by atoms with Crippen molar-refractivity contribution in [2.24, 2.45) is 5.10 Å². The Morgan fingerprint density at radius 1 is 1.00 bits per heavy atom. The normalized spacial score (nSPS) is 11.1. The third-order valence-electron chi connectivity index (χ3n) is 2.89. The van der Waals surface area contributed by atoms with Crippen molar-refractivity contribution < 1.29 is 17.6 Å². The number of anilines is 1. The fraction of sp³-hybridized carbons (Fsp3) is 0.133. The summed E-state index contributed by atoms with van der Waals surface area (Å²) in [5.74, 6) is -6.02. The number of rotatable bonds is 4. The summed E-state index contributed by atoms with van der Waals surface area (Å²) in [7, 11) is 0. The topological polar surface area (TPSA) is 24.4 Å². The monoisotopic (exact) mass is 296 g/mol. The molecule has 0 aliphatic carbocycles. The quantitative estimate of drug-likeness (QED) is 0.388. The van der Waals surface area contributed by atoms with E-state index in [-0.39, 0.29) is 6.07 Å². The molecule has 0 fully saturated rings. The van der Waals surface area contributed by atoms with Crippen LogP contribution < -0.4 is 5.43 Å². The van der Waals surface area contributed by atoms with Crippen molar-refractivity contribution in [1.82, 2.24) is 0 Å². The number of nitrogens with one attached hydrogen (secondary N) is 1. The second-order valence-electron chi connectivity index (χ2n) is 4.31. The maximum Gasteiger partial charge on any atom is 0.186 e. The smallest absolute Gasteiger partial charge is 0.186 e. The van der Waals surface area contributed by atoms with Gasteiger partial charge in [0.15, 0.2) is 23.3 Å². The van der Waals surface area contributed by atoms with E-state index in [0.717, 1.165) is 12.0 Å². The Labute approximate surface area is 119 Å². The fourth-order valence-electron chi connectivity index (χ4n) is 1.68. The second kappa shape index (κ2) is 6.39. The van der Waals surface area contributed by atoms with Gasteiger partial charge in [-0.2, -0.15) is 5.10 Å². The summed E-state index contributed by atoms with van der Waals surface area (Å²) in [6.45, 7) is 2.01. The highest BCUT2D eigenvalue weighted by molar-refractivity contribution is 5.80. The fourth-order valence-corrected chi connectivity index (χ4v) is 1.68. The summed E-state index contributed by atoms with van der Waals surface area (Å²) in [5.41, 5.74) is 2.82. The summed E-state index contributed by atoms with van der Waals surface area (Å²) >= 11 is 0. The molecule has 0 aliphatic rings. The van der Waals surface area contributed by atoms with E-state index in [4.69, 9.17) is 0 Å². The van der Waals surface area contributed by atoms with Crippen LogP contribution in [0.2, 0.25) is 0 Å². The van der Waals surface area contributed by atoms with Crippen LogP contribution in [0.3, 0.4) is 0 Å². The van der Waals surface area contributed by atoms with Crippen molar-refractivity contribution in [2.45, 2.75) is 13.3 Å². The van der Waals surface area contributed by atoms with E-state index in [1.165, 1.54) is 6.21 Å². The Morgan fingerprint density at radius 2 is 1.57 bits per heavy atom. The lowest BCUT2D eigenvalue weighted by atomic mass is 10.1. The molecule has 2 nitrogen and oxygen atoms in total. The number of hydrogen-bond donors (Lipinski definition) is 1. The first-order valence-electron chi connectivity index (χ1n) is 6.24. The van der Waals surface area contributed by atoms with Gasteiger partial charge in [-0.15, -0.1) is 0 Å². The van der Waals surface area contributed by atoms with Gasteiger partial charge in [-0.3, -0.25) is 5.43 Å². The molecule has 0 bridgehead atoms. The van der Waals surface area contributed by atoms with Crippen LogP contribution in [0.5, 0.6) is 0 Å². The Balaban J connectivity index is 2.17. The molecule has 0 radical (unpaired) electrons. The zero-order valence-electron chi connectivity index (χ0n) is 11.1. The molecule has 0 amide bonds. The maximum absolute atomic E-state index is 13.3. The van der Waals surface area contributed by atoms with Gasteiger partial charge in [-0.05, 0) is 17.5 Å². The molecule has 0 saturated carbocycles. The first-order chi connectivity index (χ1) is 10.0. The highest BCUT2D eigenvalue weighted by Crippen LogP contribution is 2.23. The molecule has 21 heavy (non-hydrogen) atoms. The van der Waals surface area contributed by atoms with Crippen molar-refractivity contribution in [2.75, 3.05) is 5.43 Å². The lowest BCUT2D eigenvalue weighted by Crippen LogP contribution is -2.02. The summed E-state index contributed by atoms with van der Waals surface area (Å²) in [4.78, 5) is 0. The maximum atomic E-state index is 13.3. The SMILES string of the molecule is CCc1ccc(/C=N\Nc2c(F)c(F)cc(F)c2F)cc1. The van der Waals surface area contributed by atoms with Crippen molar-refractivity contribution in [3.05, 3.63) is 64.7 Å². The Bertz CT molecular complexity index is 640. The molecule has 2 aromatic rings. The van der Waals surface area contributed by atoms with Gasteiger partial charge in [0.05, 0.1) is 6.21 Å². The third kappa shape index (κ3) is 3.39. The Morgan fingerprint density at radius 3 is 2.10 bits per heavy atom. The van der Waals surface area contributed by atoms with Crippen molar-refractivity contribution in [1.29, 1.82) is 0 Å². The van der Waals surface area contributed by atoms with Gasteiger partial charge in [0.2, 0.25) is 0 Å². The summed E-state index contributed by atoms with van der Waals surface area (Å²) in [5, 5.41) is 3.58. The molecule has 1 N–H and O–H groups in total. The predicted octanol–water partition coefficient (Wildman–Crippen LogP) is 4.25. The largest absolute Gasteiger partial charge is 0.272 e. The van der Waals surface area contributed by atoms with Gasteiger partial charge in [0.25, 0.3) is 0 Å². The molecule has 0 aliphatic heterocycles. The summed E-state index contributed by atoms with van der Waals surface area (Å²) in [6, 6.07) is 7.43. The number of nitrogens with zero attached hydrogens (tertiary/aromatic N) is 1. The van der Waals surface area contributed by atoms with E-state index < -0.39 is 29.0 Å². The van der Waals surface area contributed by atoms with Crippen molar-refractivity contribution in [3.63, 3.8) is 0 Å². The molecular formula is C15H12F4N2. The molecule has 2 aromatic carbocycles. The Kier molecular flexibility index (Phi) is 4.57. The Hall–Kier alpha value is -2.37. The predicted molar refractivity (Wildman–Crippen MR) is 73.3 cm³/mol. The molecule has 0 unspecified atom stereocenters. The average Bonchev–Trinajstić information content (AvgIpc) is 2.49. The van der Waals surface area contributed by atoms with Crippen LogP contribution >= 0.6 is 0 Å². The molecule has 110 valence electrons. The molecule has 0 atom stereocenters. The summed E-state index contributed by atoms with van der Waals surface area (Å²) in [6.07, 6.45) is 2.18. The van der Waals surface area contributed by atoms with E-state index in [0.29, 0.717) is 5.56 Å². The molecule has 0 heterocycles. The molecule has 2 rings (SSSR count). The molecule has 6 heteroatoms.